The molecule has 0 fully saturated rings. The fourth-order valence-electron chi connectivity index (χ4n) is 1.33. The summed E-state index contributed by atoms with van der Waals surface area (Å²) in [6.45, 7) is 3.70. The van der Waals surface area contributed by atoms with Crippen LogP contribution in [0.2, 0.25) is 0 Å². The summed E-state index contributed by atoms with van der Waals surface area (Å²) in [6, 6.07) is 7.09. The second kappa shape index (κ2) is 4.77. The van der Waals surface area contributed by atoms with Crippen LogP contribution < -0.4 is 0 Å². The van der Waals surface area contributed by atoms with E-state index in [-0.39, 0.29) is 0 Å². The Morgan fingerprint density at radius 1 is 1.47 bits per heavy atom. The van der Waals surface area contributed by atoms with Crippen molar-refractivity contribution < 1.29 is 14.6 Å². The third-order valence-corrected chi connectivity index (χ3v) is 2.76. The third kappa shape index (κ3) is 2.58. The van der Waals surface area contributed by atoms with Gasteiger partial charge in [0.25, 0.3) is 0 Å². The van der Waals surface area contributed by atoms with E-state index in [0.29, 0.717) is 12.2 Å². The molecule has 0 spiro atoms. The Bertz CT molecular complexity index is 347. The van der Waals surface area contributed by atoms with Crippen molar-refractivity contribution in [3.05, 3.63) is 34.3 Å². The predicted octanol–water partition coefficient (Wildman–Crippen LogP) is 2.79. The zero-order valence-corrected chi connectivity index (χ0v) is 10.2. The molecule has 0 saturated carbocycles. The molecule has 0 aliphatic carbocycles. The van der Waals surface area contributed by atoms with Crippen LogP contribution in [0.25, 0.3) is 0 Å². The van der Waals surface area contributed by atoms with Crippen LogP contribution in [-0.2, 0) is 15.1 Å². The highest BCUT2D eigenvalue weighted by molar-refractivity contribution is 9.10. The fourth-order valence-corrected chi connectivity index (χ4v) is 1.59. The van der Waals surface area contributed by atoms with E-state index in [9.17, 15) is 4.79 Å². The van der Waals surface area contributed by atoms with E-state index in [1.165, 1.54) is 0 Å². The average molecular weight is 273 g/mol. The van der Waals surface area contributed by atoms with Gasteiger partial charge in [0.05, 0.1) is 0 Å². The SMILES string of the molecule is CCOC(C)(C(=O)O)c1ccc(Br)cc1. The molecule has 1 aromatic rings. The fraction of sp³-hybridized carbons (Fsp3) is 0.364. The molecule has 0 amide bonds. The van der Waals surface area contributed by atoms with E-state index in [0.717, 1.165) is 4.47 Å². The minimum absolute atomic E-state index is 0.360. The van der Waals surface area contributed by atoms with Gasteiger partial charge >= 0.3 is 5.97 Å². The molecule has 15 heavy (non-hydrogen) atoms. The quantitative estimate of drug-likeness (QED) is 0.917. The van der Waals surface area contributed by atoms with Crippen LogP contribution in [0.4, 0.5) is 0 Å². The maximum atomic E-state index is 11.2. The van der Waals surface area contributed by atoms with Crippen molar-refractivity contribution in [2.75, 3.05) is 6.61 Å². The molecule has 1 atom stereocenters. The first-order valence-corrected chi connectivity index (χ1v) is 5.43. The lowest BCUT2D eigenvalue weighted by molar-refractivity contribution is -0.164. The number of benzene rings is 1. The first kappa shape index (κ1) is 12.2. The lowest BCUT2D eigenvalue weighted by Gasteiger charge is -2.25. The molecule has 1 N–H and O–H groups in total. The molecule has 0 aliphatic heterocycles. The lowest BCUT2D eigenvalue weighted by atomic mass is 9.96. The Balaban J connectivity index is 3.09. The number of halogens is 1. The molecule has 1 rings (SSSR count). The van der Waals surface area contributed by atoms with Gasteiger partial charge in [-0.2, -0.15) is 0 Å². The van der Waals surface area contributed by atoms with Gasteiger partial charge in [-0.15, -0.1) is 0 Å². The molecule has 0 aliphatic rings. The van der Waals surface area contributed by atoms with Gasteiger partial charge in [0.1, 0.15) is 0 Å². The highest BCUT2D eigenvalue weighted by Crippen LogP contribution is 2.26. The molecule has 0 radical (unpaired) electrons. The monoisotopic (exact) mass is 272 g/mol. The molecule has 4 heteroatoms. The summed E-state index contributed by atoms with van der Waals surface area (Å²) >= 11 is 3.30. The van der Waals surface area contributed by atoms with E-state index in [1.54, 1.807) is 38.1 Å². The minimum atomic E-state index is -1.27. The van der Waals surface area contributed by atoms with E-state index in [4.69, 9.17) is 9.84 Å². The molecule has 3 nitrogen and oxygen atoms in total. The summed E-state index contributed by atoms with van der Waals surface area (Å²) in [5.41, 5.74) is -0.629. The first-order chi connectivity index (χ1) is 7.00. The molecular formula is C11H13BrO3. The van der Waals surface area contributed by atoms with Gasteiger partial charge in [-0.05, 0) is 31.5 Å². The van der Waals surface area contributed by atoms with Crippen molar-refractivity contribution in [2.24, 2.45) is 0 Å². The first-order valence-electron chi connectivity index (χ1n) is 4.64. The Morgan fingerprint density at radius 3 is 2.40 bits per heavy atom. The summed E-state index contributed by atoms with van der Waals surface area (Å²) in [5, 5.41) is 9.15. The topological polar surface area (TPSA) is 46.5 Å². The number of hydrogen-bond acceptors (Lipinski definition) is 2. The Kier molecular flexibility index (Phi) is 3.88. The van der Waals surface area contributed by atoms with Gasteiger partial charge in [-0.1, -0.05) is 28.1 Å². The van der Waals surface area contributed by atoms with Crippen LogP contribution >= 0.6 is 15.9 Å². The Morgan fingerprint density at radius 2 is 2.00 bits per heavy atom. The van der Waals surface area contributed by atoms with Gasteiger partial charge in [0.15, 0.2) is 5.60 Å². The number of hydrogen-bond donors (Lipinski definition) is 1. The number of rotatable bonds is 4. The Hall–Kier alpha value is -0.870. The van der Waals surface area contributed by atoms with Crippen LogP contribution in [0, 0.1) is 0 Å². The van der Waals surface area contributed by atoms with E-state index >= 15 is 0 Å². The largest absolute Gasteiger partial charge is 0.479 e. The van der Waals surface area contributed by atoms with Crippen LogP contribution in [0.3, 0.4) is 0 Å². The smallest absolute Gasteiger partial charge is 0.340 e. The summed E-state index contributed by atoms with van der Waals surface area (Å²) in [6.07, 6.45) is 0. The number of carbonyl (C=O) groups is 1. The van der Waals surface area contributed by atoms with Crippen LogP contribution in [0.5, 0.6) is 0 Å². The zero-order chi connectivity index (χ0) is 11.5. The van der Waals surface area contributed by atoms with Crippen LogP contribution in [0.1, 0.15) is 19.4 Å². The van der Waals surface area contributed by atoms with E-state index in [2.05, 4.69) is 15.9 Å². The normalized spacial score (nSPS) is 14.6. The van der Waals surface area contributed by atoms with Gasteiger partial charge in [0.2, 0.25) is 0 Å². The van der Waals surface area contributed by atoms with Crippen LogP contribution in [0.15, 0.2) is 28.7 Å². The highest BCUT2D eigenvalue weighted by Gasteiger charge is 2.35. The molecule has 0 heterocycles. The lowest BCUT2D eigenvalue weighted by Crippen LogP contribution is -2.35. The number of carboxylic acid groups (broad SMARTS) is 1. The summed E-state index contributed by atoms with van der Waals surface area (Å²) in [7, 11) is 0. The standard InChI is InChI=1S/C11H13BrO3/c1-3-15-11(2,10(13)14)8-4-6-9(12)7-5-8/h4-7H,3H2,1-2H3,(H,13,14). The summed E-state index contributed by atoms with van der Waals surface area (Å²) in [4.78, 5) is 11.2. The number of carboxylic acids is 1. The van der Waals surface area contributed by atoms with Crippen LogP contribution in [-0.4, -0.2) is 17.7 Å². The highest BCUT2D eigenvalue weighted by atomic mass is 79.9. The molecule has 0 aromatic heterocycles. The van der Waals surface area contributed by atoms with Gasteiger partial charge in [0, 0.05) is 11.1 Å². The maximum Gasteiger partial charge on any atom is 0.340 e. The summed E-state index contributed by atoms with van der Waals surface area (Å²) < 4.78 is 6.21. The second-order valence-electron chi connectivity index (χ2n) is 3.28. The predicted molar refractivity (Wildman–Crippen MR) is 60.8 cm³/mol. The summed E-state index contributed by atoms with van der Waals surface area (Å²) in [5.74, 6) is -0.980. The molecule has 0 bridgehead atoms. The van der Waals surface area contributed by atoms with Crippen molar-refractivity contribution in [1.82, 2.24) is 0 Å². The van der Waals surface area contributed by atoms with E-state index in [1.807, 2.05) is 0 Å². The zero-order valence-electron chi connectivity index (χ0n) is 8.66. The average Bonchev–Trinajstić information content (AvgIpc) is 2.18. The number of aliphatic carboxylic acids is 1. The Labute approximate surface area is 97.2 Å². The minimum Gasteiger partial charge on any atom is -0.479 e. The van der Waals surface area contributed by atoms with Crippen molar-refractivity contribution >= 4 is 21.9 Å². The van der Waals surface area contributed by atoms with Gasteiger partial charge < -0.3 is 9.84 Å². The van der Waals surface area contributed by atoms with Crippen molar-refractivity contribution in [2.45, 2.75) is 19.4 Å². The molecule has 82 valence electrons. The van der Waals surface area contributed by atoms with Crippen molar-refractivity contribution in [3.63, 3.8) is 0 Å². The maximum absolute atomic E-state index is 11.2. The molecular weight excluding hydrogens is 260 g/mol. The number of ether oxygens (including phenoxy) is 1. The van der Waals surface area contributed by atoms with Gasteiger partial charge in [-0.3, -0.25) is 0 Å². The van der Waals surface area contributed by atoms with Gasteiger partial charge in [-0.25, -0.2) is 4.79 Å². The molecule has 1 aromatic carbocycles. The molecule has 1 unspecified atom stereocenters. The van der Waals surface area contributed by atoms with Crippen molar-refractivity contribution in [1.29, 1.82) is 0 Å². The molecule has 0 saturated heterocycles. The second-order valence-corrected chi connectivity index (χ2v) is 4.19. The van der Waals surface area contributed by atoms with E-state index < -0.39 is 11.6 Å². The third-order valence-electron chi connectivity index (χ3n) is 2.24. The van der Waals surface area contributed by atoms with Crippen molar-refractivity contribution in [3.8, 4) is 0 Å².